The molecular formula is C26H33N3O5. The average Bonchev–Trinajstić information content (AvgIpc) is 2.85. The molecule has 34 heavy (non-hydrogen) atoms. The maximum atomic E-state index is 13.5. The molecule has 2 aromatic rings. The summed E-state index contributed by atoms with van der Waals surface area (Å²) >= 11 is 0. The van der Waals surface area contributed by atoms with Gasteiger partial charge in [0.25, 0.3) is 5.91 Å². The first kappa shape index (κ1) is 23.9. The number of likely N-dealkylation sites (tertiary alicyclic amines) is 1. The molecule has 0 radical (unpaired) electrons. The van der Waals surface area contributed by atoms with Gasteiger partial charge in [0.15, 0.2) is 11.5 Å². The van der Waals surface area contributed by atoms with Crippen molar-refractivity contribution in [2.24, 2.45) is 0 Å². The number of fused-ring (bicyclic) bond motifs is 1. The third-order valence-electron chi connectivity index (χ3n) is 6.30. The van der Waals surface area contributed by atoms with E-state index >= 15 is 0 Å². The molecule has 2 aliphatic heterocycles. The van der Waals surface area contributed by atoms with Gasteiger partial charge in [-0.1, -0.05) is 42.5 Å². The van der Waals surface area contributed by atoms with Gasteiger partial charge in [-0.15, -0.1) is 0 Å². The molecule has 1 saturated heterocycles. The van der Waals surface area contributed by atoms with Gasteiger partial charge in [-0.05, 0) is 50.9 Å². The lowest BCUT2D eigenvalue weighted by molar-refractivity contribution is -0.128. The highest BCUT2D eigenvalue weighted by Crippen LogP contribution is 2.31. The highest BCUT2D eigenvalue weighted by atomic mass is 16.6. The molecule has 2 aromatic carbocycles. The highest BCUT2D eigenvalue weighted by Gasteiger charge is 2.39. The number of alkyl carbamates (subject to hydrolysis) is 1. The second-order valence-corrected chi connectivity index (χ2v) is 8.91. The van der Waals surface area contributed by atoms with Crippen molar-refractivity contribution in [3.8, 4) is 11.5 Å². The molecule has 0 spiro atoms. The van der Waals surface area contributed by atoms with E-state index in [1.807, 2.05) is 54.6 Å². The third-order valence-corrected chi connectivity index (χ3v) is 6.30. The number of amides is 2. The number of hydrogen-bond donors (Lipinski definition) is 2. The van der Waals surface area contributed by atoms with Gasteiger partial charge in [0.05, 0.1) is 6.61 Å². The monoisotopic (exact) mass is 467 g/mol. The van der Waals surface area contributed by atoms with Gasteiger partial charge < -0.3 is 24.8 Å². The fraction of sp³-hybridized carbons (Fsp3) is 0.462. The first-order chi connectivity index (χ1) is 16.5. The largest absolute Gasteiger partial charge is 0.486 e. The van der Waals surface area contributed by atoms with Crippen LogP contribution in [-0.2, 0) is 15.1 Å². The van der Waals surface area contributed by atoms with Crippen LogP contribution >= 0.6 is 0 Å². The van der Waals surface area contributed by atoms with Crippen LogP contribution in [-0.4, -0.2) is 61.9 Å². The van der Waals surface area contributed by atoms with Gasteiger partial charge in [0.1, 0.15) is 18.2 Å². The number of rotatable bonds is 7. The molecule has 0 aliphatic carbocycles. The summed E-state index contributed by atoms with van der Waals surface area (Å²) in [6.07, 6.45) is 1.15. The van der Waals surface area contributed by atoms with Crippen LogP contribution in [0.5, 0.6) is 11.5 Å². The van der Waals surface area contributed by atoms with Gasteiger partial charge in [0, 0.05) is 19.1 Å². The summed E-state index contributed by atoms with van der Waals surface area (Å²) in [5.74, 6) is 1.28. The lowest BCUT2D eigenvalue weighted by Gasteiger charge is -2.38. The molecule has 8 heteroatoms. The average molecular weight is 468 g/mol. The Morgan fingerprint density at radius 2 is 1.85 bits per heavy atom. The smallest absolute Gasteiger partial charge is 0.408 e. The fourth-order valence-corrected chi connectivity index (χ4v) is 4.51. The second kappa shape index (κ2) is 10.8. The molecule has 0 bridgehead atoms. The fourth-order valence-electron chi connectivity index (χ4n) is 4.51. The quantitative estimate of drug-likeness (QED) is 0.651. The van der Waals surface area contributed by atoms with E-state index in [2.05, 4.69) is 15.5 Å². The van der Waals surface area contributed by atoms with Crippen molar-refractivity contribution in [3.05, 3.63) is 60.2 Å². The Morgan fingerprint density at radius 3 is 2.62 bits per heavy atom. The molecule has 3 atom stereocenters. The summed E-state index contributed by atoms with van der Waals surface area (Å²) in [4.78, 5) is 28.0. The minimum absolute atomic E-state index is 0.0370. The van der Waals surface area contributed by atoms with E-state index in [4.69, 9.17) is 14.2 Å². The number of nitrogens with zero attached hydrogens (tertiary/aromatic N) is 1. The van der Waals surface area contributed by atoms with Gasteiger partial charge in [-0.3, -0.25) is 9.69 Å². The van der Waals surface area contributed by atoms with E-state index in [0.717, 1.165) is 37.4 Å². The molecular weight excluding hydrogens is 434 g/mol. The van der Waals surface area contributed by atoms with Crippen LogP contribution in [0.15, 0.2) is 54.6 Å². The minimum Gasteiger partial charge on any atom is -0.486 e. The molecule has 2 N–H and O–H groups in total. The van der Waals surface area contributed by atoms with E-state index in [1.165, 1.54) is 0 Å². The number of carbonyl (C=O) groups excluding carboxylic acids is 2. The van der Waals surface area contributed by atoms with Crippen molar-refractivity contribution >= 4 is 12.0 Å². The Morgan fingerprint density at radius 1 is 1.12 bits per heavy atom. The van der Waals surface area contributed by atoms with Crippen molar-refractivity contribution in [2.45, 2.75) is 44.4 Å². The second-order valence-electron chi connectivity index (χ2n) is 8.91. The summed E-state index contributed by atoms with van der Waals surface area (Å²) < 4.78 is 17.0. The van der Waals surface area contributed by atoms with Crippen LogP contribution in [0.4, 0.5) is 4.79 Å². The summed E-state index contributed by atoms with van der Waals surface area (Å²) in [6, 6.07) is 16.9. The van der Waals surface area contributed by atoms with Crippen molar-refractivity contribution < 1.29 is 23.8 Å². The van der Waals surface area contributed by atoms with E-state index in [-0.39, 0.29) is 24.7 Å². The van der Waals surface area contributed by atoms with Crippen molar-refractivity contribution in [2.75, 3.05) is 32.8 Å². The number of ether oxygens (including phenoxy) is 3. The number of nitrogens with one attached hydrogen (secondary N) is 2. The van der Waals surface area contributed by atoms with Crippen LogP contribution < -0.4 is 20.1 Å². The van der Waals surface area contributed by atoms with Crippen LogP contribution in [0.25, 0.3) is 0 Å². The molecule has 2 heterocycles. The molecule has 8 nitrogen and oxygen atoms in total. The van der Waals surface area contributed by atoms with Crippen LogP contribution in [0.2, 0.25) is 0 Å². The topological polar surface area (TPSA) is 89.1 Å². The number of benzene rings is 2. The number of carbonyl (C=O) groups is 2. The molecule has 2 aliphatic rings. The van der Waals surface area contributed by atoms with Gasteiger partial charge in [-0.2, -0.15) is 0 Å². The predicted molar refractivity (Wildman–Crippen MR) is 128 cm³/mol. The van der Waals surface area contributed by atoms with Gasteiger partial charge in [0.2, 0.25) is 0 Å². The zero-order valence-electron chi connectivity index (χ0n) is 19.8. The third kappa shape index (κ3) is 5.62. The number of hydrogen-bond acceptors (Lipinski definition) is 6. The Labute approximate surface area is 200 Å². The summed E-state index contributed by atoms with van der Waals surface area (Å²) in [5.41, 5.74) is -0.556. The van der Waals surface area contributed by atoms with Crippen LogP contribution in [0.1, 0.15) is 32.3 Å². The van der Waals surface area contributed by atoms with E-state index in [9.17, 15) is 9.59 Å². The van der Waals surface area contributed by atoms with Crippen molar-refractivity contribution in [1.82, 2.24) is 15.5 Å². The number of piperidine rings is 1. The summed E-state index contributed by atoms with van der Waals surface area (Å²) in [5, 5.41) is 5.93. The normalized spacial score (nSPS) is 21.7. The lowest BCUT2D eigenvalue weighted by atomic mass is 9.90. The predicted octanol–water partition coefficient (Wildman–Crippen LogP) is 3.07. The van der Waals surface area contributed by atoms with Crippen LogP contribution in [0.3, 0.4) is 0 Å². The molecule has 0 aromatic heterocycles. The first-order valence-electron chi connectivity index (χ1n) is 11.9. The summed E-state index contributed by atoms with van der Waals surface area (Å²) in [6.45, 7) is 6.53. The maximum Gasteiger partial charge on any atom is 0.408 e. The first-order valence-corrected chi connectivity index (χ1v) is 11.9. The zero-order valence-corrected chi connectivity index (χ0v) is 19.8. The molecule has 1 unspecified atom stereocenters. The Bertz CT molecular complexity index is 985. The van der Waals surface area contributed by atoms with E-state index in [1.54, 1.807) is 13.8 Å². The van der Waals surface area contributed by atoms with Crippen LogP contribution in [0, 0.1) is 0 Å². The van der Waals surface area contributed by atoms with Gasteiger partial charge in [-0.25, -0.2) is 4.79 Å². The van der Waals surface area contributed by atoms with E-state index < -0.39 is 11.6 Å². The maximum absolute atomic E-state index is 13.5. The molecule has 4 rings (SSSR count). The Balaban J connectivity index is 1.38. The van der Waals surface area contributed by atoms with Crippen molar-refractivity contribution in [3.63, 3.8) is 0 Å². The highest BCUT2D eigenvalue weighted by molar-refractivity contribution is 5.91. The molecule has 2 amide bonds. The summed E-state index contributed by atoms with van der Waals surface area (Å²) in [7, 11) is 0. The van der Waals surface area contributed by atoms with Gasteiger partial charge >= 0.3 is 6.09 Å². The van der Waals surface area contributed by atoms with E-state index in [0.29, 0.717) is 18.7 Å². The minimum atomic E-state index is -1.25. The SMILES string of the molecule is CCOC(=O)NC(C)(C(=O)N[C@H]1CCCN(C[C@H]2COc3ccccc3O2)C1)c1ccccc1. The Kier molecular flexibility index (Phi) is 7.57. The standard InChI is InChI=1S/C26H33N3O5/c1-3-32-25(31)28-26(2,19-10-5-4-6-11-19)24(30)27-20-12-9-15-29(16-20)17-21-18-33-22-13-7-8-14-23(22)34-21/h4-8,10-11,13-14,20-21H,3,9,12,15-18H2,1-2H3,(H,27,30)(H,28,31)/t20-,21-,26?/m0/s1. The zero-order chi connectivity index (χ0) is 24.0. The molecule has 1 fully saturated rings. The molecule has 0 saturated carbocycles. The Hall–Kier alpha value is -3.26. The lowest BCUT2D eigenvalue weighted by Crippen LogP contribution is -2.59. The number of para-hydroxylation sites is 2. The van der Waals surface area contributed by atoms with Crippen molar-refractivity contribution in [1.29, 1.82) is 0 Å². The molecule has 182 valence electrons.